The van der Waals surface area contributed by atoms with E-state index >= 15 is 0 Å². The fourth-order valence-corrected chi connectivity index (χ4v) is 2.11. The summed E-state index contributed by atoms with van der Waals surface area (Å²) < 4.78 is 0. The minimum Gasteiger partial charge on any atom is -0.383 e. The third kappa shape index (κ3) is 6.96. The van der Waals surface area contributed by atoms with Gasteiger partial charge in [0.05, 0.1) is 0 Å². The second-order valence-electron chi connectivity index (χ2n) is 5.88. The zero-order valence-corrected chi connectivity index (χ0v) is 10.6. The summed E-state index contributed by atoms with van der Waals surface area (Å²) in [6, 6.07) is 0. The van der Waals surface area contributed by atoms with Crippen molar-refractivity contribution in [2.45, 2.75) is 46.6 Å². The van der Waals surface area contributed by atoms with Crippen LogP contribution in [0.4, 0.5) is 0 Å². The lowest BCUT2D eigenvalue weighted by Crippen LogP contribution is -2.43. The molecule has 0 atom stereocenters. The molecule has 0 heterocycles. The first-order valence-electron chi connectivity index (χ1n) is 5.27. The largest absolute Gasteiger partial charge is 0.383 e. The van der Waals surface area contributed by atoms with E-state index in [2.05, 4.69) is 51.8 Å². The van der Waals surface area contributed by atoms with Crippen LogP contribution in [-0.2, 0) is 0 Å². The van der Waals surface area contributed by atoms with Gasteiger partial charge in [0.1, 0.15) is 0 Å². The van der Waals surface area contributed by atoms with Crippen molar-refractivity contribution < 1.29 is 0 Å². The number of rotatable bonds is 5. The van der Waals surface area contributed by atoms with E-state index in [1.807, 2.05) is 7.05 Å². The zero-order chi connectivity index (χ0) is 11.4. The van der Waals surface area contributed by atoms with Gasteiger partial charge >= 0.3 is 0 Å². The monoisotopic (exact) mass is 198 g/mol. The molecule has 0 spiro atoms. The Morgan fingerprint density at radius 3 is 2.00 bits per heavy atom. The maximum absolute atomic E-state index is 3.99. The Hall–Kier alpha value is -0.500. The minimum absolute atomic E-state index is 0.117. The lowest BCUT2D eigenvalue weighted by atomic mass is 9.81. The van der Waals surface area contributed by atoms with Gasteiger partial charge in [-0.15, -0.1) is 0 Å². The van der Waals surface area contributed by atoms with E-state index in [4.69, 9.17) is 0 Å². The van der Waals surface area contributed by atoms with Crippen LogP contribution in [0.1, 0.15) is 41.0 Å². The van der Waals surface area contributed by atoms with Crippen LogP contribution in [0.3, 0.4) is 0 Å². The number of hydrogen-bond acceptors (Lipinski definition) is 2. The molecule has 0 aromatic heterocycles. The molecule has 0 aromatic carbocycles. The lowest BCUT2D eigenvalue weighted by molar-refractivity contribution is 0.255. The fourth-order valence-electron chi connectivity index (χ4n) is 2.11. The normalized spacial score (nSPS) is 12.7. The summed E-state index contributed by atoms with van der Waals surface area (Å²) in [5.74, 6) is 0. The molecule has 0 amide bonds. The van der Waals surface area contributed by atoms with Gasteiger partial charge < -0.3 is 10.6 Å². The van der Waals surface area contributed by atoms with Gasteiger partial charge in [-0.25, -0.2) is 0 Å². The lowest BCUT2D eigenvalue weighted by Gasteiger charge is -2.34. The molecule has 2 N–H and O–H groups in total. The van der Waals surface area contributed by atoms with Gasteiger partial charge in [0, 0.05) is 17.8 Å². The molecular formula is C12H26N2. The van der Waals surface area contributed by atoms with Crippen molar-refractivity contribution in [2.75, 3.05) is 13.6 Å². The van der Waals surface area contributed by atoms with Gasteiger partial charge in [-0.3, -0.25) is 0 Å². The second-order valence-corrected chi connectivity index (χ2v) is 5.88. The van der Waals surface area contributed by atoms with Gasteiger partial charge in [-0.05, 0) is 32.7 Å². The Morgan fingerprint density at radius 2 is 1.64 bits per heavy atom. The van der Waals surface area contributed by atoms with Gasteiger partial charge in [-0.1, -0.05) is 27.4 Å². The standard InChI is InChI=1S/C12H26N2/c1-10(8-13-7)14-12(5,6)9-11(2,3)4/h13-14H,1,8-9H2,2-7H3. The maximum Gasteiger partial charge on any atom is 0.0345 e. The average molecular weight is 198 g/mol. The summed E-state index contributed by atoms with van der Waals surface area (Å²) in [7, 11) is 1.93. The van der Waals surface area contributed by atoms with E-state index in [-0.39, 0.29) is 5.54 Å². The van der Waals surface area contributed by atoms with Crippen molar-refractivity contribution in [2.24, 2.45) is 5.41 Å². The first-order valence-corrected chi connectivity index (χ1v) is 5.27. The van der Waals surface area contributed by atoms with Gasteiger partial charge in [0.15, 0.2) is 0 Å². The summed E-state index contributed by atoms with van der Waals surface area (Å²) in [6.07, 6.45) is 1.13. The van der Waals surface area contributed by atoms with Crippen molar-refractivity contribution in [1.29, 1.82) is 0 Å². The summed E-state index contributed by atoms with van der Waals surface area (Å²) in [4.78, 5) is 0. The Bertz CT molecular complexity index is 187. The molecule has 0 aliphatic rings. The molecule has 0 saturated carbocycles. The minimum atomic E-state index is 0.117. The number of likely N-dealkylation sites (N-methyl/N-ethyl adjacent to an activating group) is 1. The molecule has 2 nitrogen and oxygen atoms in total. The molecule has 0 unspecified atom stereocenters. The highest BCUT2D eigenvalue weighted by molar-refractivity contribution is 5.00. The summed E-state index contributed by atoms with van der Waals surface area (Å²) >= 11 is 0. The second kappa shape index (κ2) is 4.83. The van der Waals surface area contributed by atoms with E-state index < -0.39 is 0 Å². The Balaban J connectivity index is 4.13. The summed E-state index contributed by atoms with van der Waals surface area (Å²) in [5, 5.41) is 6.55. The van der Waals surface area contributed by atoms with Gasteiger partial charge in [-0.2, -0.15) is 0 Å². The van der Waals surface area contributed by atoms with E-state index in [1.165, 1.54) is 0 Å². The van der Waals surface area contributed by atoms with Crippen LogP contribution < -0.4 is 10.6 Å². The van der Waals surface area contributed by atoms with Crippen LogP contribution in [0.15, 0.2) is 12.3 Å². The predicted octanol–water partition coefficient (Wildman–Crippen LogP) is 2.52. The molecule has 0 fully saturated rings. The average Bonchev–Trinajstić information content (AvgIpc) is 1.78. The number of nitrogens with one attached hydrogen (secondary N) is 2. The van der Waals surface area contributed by atoms with E-state index in [0.29, 0.717) is 5.41 Å². The van der Waals surface area contributed by atoms with Crippen molar-refractivity contribution >= 4 is 0 Å². The highest BCUT2D eigenvalue weighted by Crippen LogP contribution is 2.27. The van der Waals surface area contributed by atoms with Crippen LogP contribution >= 0.6 is 0 Å². The van der Waals surface area contributed by atoms with Crippen molar-refractivity contribution in [1.82, 2.24) is 10.6 Å². The zero-order valence-electron chi connectivity index (χ0n) is 10.6. The predicted molar refractivity (Wildman–Crippen MR) is 64.4 cm³/mol. The third-order valence-corrected chi connectivity index (χ3v) is 1.88. The Kier molecular flexibility index (Phi) is 4.66. The van der Waals surface area contributed by atoms with E-state index in [1.54, 1.807) is 0 Å². The molecule has 0 bridgehead atoms. The molecular weight excluding hydrogens is 172 g/mol. The number of hydrogen-bond donors (Lipinski definition) is 2. The van der Waals surface area contributed by atoms with Crippen LogP contribution in [0.5, 0.6) is 0 Å². The molecule has 14 heavy (non-hydrogen) atoms. The molecule has 0 aliphatic heterocycles. The van der Waals surface area contributed by atoms with Gasteiger partial charge in [0.25, 0.3) is 0 Å². The molecule has 0 aromatic rings. The molecule has 0 saturated heterocycles. The van der Waals surface area contributed by atoms with Crippen LogP contribution in [0.25, 0.3) is 0 Å². The van der Waals surface area contributed by atoms with Crippen molar-refractivity contribution in [3.63, 3.8) is 0 Å². The Labute approximate surface area is 89.2 Å². The van der Waals surface area contributed by atoms with Crippen molar-refractivity contribution in [3.05, 3.63) is 12.3 Å². The smallest absolute Gasteiger partial charge is 0.0345 e. The fraction of sp³-hybridized carbons (Fsp3) is 0.833. The van der Waals surface area contributed by atoms with Gasteiger partial charge in [0.2, 0.25) is 0 Å². The Morgan fingerprint density at radius 1 is 1.14 bits per heavy atom. The van der Waals surface area contributed by atoms with Crippen LogP contribution in [0.2, 0.25) is 0 Å². The quantitative estimate of drug-likeness (QED) is 0.709. The van der Waals surface area contributed by atoms with Crippen molar-refractivity contribution in [3.8, 4) is 0 Å². The topological polar surface area (TPSA) is 24.1 Å². The van der Waals surface area contributed by atoms with Crippen LogP contribution in [-0.4, -0.2) is 19.1 Å². The highest BCUT2D eigenvalue weighted by atomic mass is 15.0. The SMILES string of the molecule is C=C(CNC)NC(C)(C)CC(C)(C)C. The van der Waals surface area contributed by atoms with E-state index in [0.717, 1.165) is 18.7 Å². The molecule has 0 radical (unpaired) electrons. The van der Waals surface area contributed by atoms with E-state index in [9.17, 15) is 0 Å². The molecule has 2 heteroatoms. The summed E-state index contributed by atoms with van der Waals surface area (Å²) in [6.45, 7) is 16.0. The first kappa shape index (κ1) is 13.5. The van der Waals surface area contributed by atoms with Crippen LogP contribution in [0, 0.1) is 5.41 Å². The molecule has 0 aliphatic carbocycles. The summed E-state index contributed by atoms with van der Waals surface area (Å²) in [5.41, 5.74) is 1.52. The molecule has 84 valence electrons. The highest BCUT2D eigenvalue weighted by Gasteiger charge is 2.25. The maximum atomic E-state index is 3.99. The molecule has 0 rings (SSSR count). The first-order chi connectivity index (χ1) is 6.16. The third-order valence-electron chi connectivity index (χ3n) is 1.88.